The number of hydrogen-bond donors (Lipinski definition) is 1. The van der Waals surface area contributed by atoms with Crippen LogP contribution in [0.5, 0.6) is 0 Å². The highest BCUT2D eigenvalue weighted by atomic mass is 32.1. The molecule has 2 aromatic rings. The summed E-state index contributed by atoms with van der Waals surface area (Å²) in [7, 11) is 0. The van der Waals surface area contributed by atoms with Gasteiger partial charge in [0.1, 0.15) is 0 Å². The summed E-state index contributed by atoms with van der Waals surface area (Å²) in [4.78, 5) is 16.7. The van der Waals surface area contributed by atoms with Gasteiger partial charge in [-0.25, -0.2) is 4.98 Å². The minimum absolute atomic E-state index is 0.0468. The molecule has 5 heteroatoms. The molecule has 0 aliphatic carbocycles. The maximum Gasteiger partial charge on any atom is 0.310 e. The summed E-state index contributed by atoms with van der Waals surface area (Å²) >= 11 is 1.54. The van der Waals surface area contributed by atoms with Crippen molar-refractivity contribution in [2.24, 2.45) is 11.8 Å². The lowest BCUT2D eigenvalue weighted by molar-refractivity contribution is -0.151. The van der Waals surface area contributed by atoms with Crippen LogP contribution >= 0.6 is 11.3 Å². The first-order chi connectivity index (χ1) is 10.9. The van der Waals surface area contributed by atoms with Gasteiger partial charge in [-0.2, -0.15) is 0 Å². The first-order valence-corrected chi connectivity index (χ1v) is 8.78. The lowest BCUT2D eigenvalue weighted by Crippen LogP contribution is -2.21. The Morgan fingerprint density at radius 1 is 1.39 bits per heavy atom. The molecule has 23 heavy (non-hydrogen) atoms. The summed E-state index contributed by atoms with van der Waals surface area (Å²) in [5.74, 6) is 0.130. The summed E-state index contributed by atoms with van der Waals surface area (Å²) in [5, 5.41) is 6.15. The van der Waals surface area contributed by atoms with E-state index in [-0.39, 0.29) is 17.8 Å². The van der Waals surface area contributed by atoms with Crippen LogP contribution in [0.15, 0.2) is 29.6 Å². The zero-order chi connectivity index (χ0) is 16.6. The first kappa shape index (κ1) is 16.0. The number of carbonyl (C=O) groups is 1. The van der Waals surface area contributed by atoms with Gasteiger partial charge in [-0.3, -0.25) is 4.79 Å². The average molecular weight is 330 g/mol. The SMILES string of the molecule is Cc1ccccc1Nc1nc([C@]2(C)C[C@@H](C(C)C)C(=O)O2)cs1. The van der Waals surface area contributed by atoms with E-state index in [2.05, 4.69) is 37.1 Å². The Morgan fingerprint density at radius 3 is 2.78 bits per heavy atom. The van der Waals surface area contributed by atoms with Crippen LogP contribution in [-0.2, 0) is 15.1 Å². The maximum absolute atomic E-state index is 12.1. The van der Waals surface area contributed by atoms with Crippen LogP contribution in [0, 0.1) is 18.8 Å². The van der Waals surface area contributed by atoms with Gasteiger partial charge in [0.2, 0.25) is 0 Å². The van der Waals surface area contributed by atoms with Crippen LogP contribution in [-0.4, -0.2) is 11.0 Å². The highest BCUT2D eigenvalue weighted by Crippen LogP contribution is 2.43. The number of aromatic nitrogens is 1. The largest absolute Gasteiger partial charge is 0.453 e. The van der Waals surface area contributed by atoms with Crippen LogP contribution in [0.25, 0.3) is 0 Å². The molecule has 3 rings (SSSR count). The number of rotatable bonds is 4. The normalized spacial score (nSPS) is 24.0. The van der Waals surface area contributed by atoms with Crippen molar-refractivity contribution in [2.45, 2.75) is 39.7 Å². The molecule has 1 aliphatic rings. The van der Waals surface area contributed by atoms with Gasteiger partial charge in [-0.05, 0) is 31.4 Å². The number of ether oxygens (including phenoxy) is 1. The van der Waals surface area contributed by atoms with E-state index in [4.69, 9.17) is 4.74 Å². The molecule has 0 saturated carbocycles. The number of anilines is 2. The molecule has 4 nitrogen and oxygen atoms in total. The molecule has 1 aromatic heterocycles. The predicted octanol–water partition coefficient (Wildman–Crippen LogP) is 4.63. The Hall–Kier alpha value is -1.88. The summed E-state index contributed by atoms with van der Waals surface area (Å²) in [5.41, 5.74) is 2.42. The molecule has 1 fully saturated rings. The van der Waals surface area contributed by atoms with Crippen molar-refractivity contribution in [3.8, 4) is 0 Å². The lowest BCUT2D eigenvalue weighted by Gasteiger charge is -2.20. The number of carbonyl (C=O) groups excluding carboxylic acids is 1. The maximum atomic E-state index is 12.1. The number of nitrogens with one attached hydrogen (secondary N) is 1. The Kier molecular flexibility index (Phi) is 4.15. The Morgan fingerprint density at radius 2 is 2.13 bits per heavy atom. The highest BCUT2D eigenvalue weighted by molar-refractivity contribution is 7.13. The van der Waals surface area contributed by atoms with E-state index in [1.54, 1.807) is 0 Å². The first-order valence-electron chi connectivity index (χ1n) is 7.90. The third kappa shape index (κ3) is 3.11. The molecule has 0 radical (unpaired) electrons. The zero-order valence-corrected chi connectivity index (χ0v) is 14.7. The van der Waals surface area contributed by atoms with Crippen molar-refractivity contribution in [3.05, 3.63) is 40.9 Å². The fourth-order valence-electron chi connectivity index (χ4n) is 2.91. The highest BCUT2D eigenvalue weighted by Gasteiger charge is 2.47. The molecule has 1 N–H and O–H groups in total. The van der Waals surface area contributed by atoms with Crippen molar-refractivity contribution in [2.75, 3.05) is 5.32 Å². The number of nitrogens with zero attached hydrogens (tertiary/aromatic N) is 1. The van der Waals surface area contributed by atoms with Gasteiger partial charge in [0.05, 0.1) is 11.6 Å². The molecule has 122 valence electrons. The van der Waals surface area contributed by atoms with E-state index in [0.29, 0.717) is 6.42 Å². The van der Waals surface area contributed by atoms with E-state index >= 15 is 0 Å². The zero-order valence-electron chi connectivity index (χ0n) is 13.9. The van der Waals surface area contributed by atoms with Crippen molar-refractivity contribution in [3.63, 3.8) is 0 Å². The van der Waals surface area contributed by atoms with Crippen LogP contribution in [0.3, 0.4) is 0 Å². The van der Waals surface area contributed by atoms with E-state index in [1.807, 2.05) is 30.5 Å². The number of benzene rings is 1. The van der Waals surface area contributed by atoms with Gasteiger partial charge in [0.25, 0.3) is 0 Å². The van der Waals surface area contributed by atoms with Crippen molar-refractivity contribution in [1.82, 2.24) is 4.98 Å². The van der Waals surface area contributed by atoms with Gasteiger partial charge in [0.15, 0.2) is 10.7 Å². The minimum Gasteiger partial charge on any atom is -0.453 e. The number of hydrogen-bond acceptors (Lipinski definition) is 5. The molecule has 1 aromatic carbocycles. The van der Waals surface area contributed by atoms with Crippen molar-refractivity contribution in [1.29, 1.82) is 0 Å². The Labute approximate surface area is 140 Å². The summed E-state index contributed by atoms with van der Waals surface area (Å²) < 4.78 is 5.67. The fourth-order valence-corrected chi connectivity index (χ4v) is 3.75. The Bertz CT molecular complexity index is 725. The third-order valence-electron chi connectivity index (χ3n) is 4.48. The van der Waals surface area contributed by atoms with Gasteiger partial charge in [-0.1, -0.05) is 32.0 Å². The number of aryl methyl sites for hydroxylation is 1. The van der Waals surface area contributed by atoms with Gasteiger partial charge in [0, 0.05) is 17.5 Å². The lowest BCUT2D eigenvalue weighted by atomic mass is 9.87. The smallest absolute Gasteiger partial charge is 0.310 e. The predicted molar refractivity (Wildman–Crippen MR) is 93.0 cm³/mol. The fraction of sp³-hybridized carbons (Fsp3) is 0.444. The minimum atomic E-state index is -0.617. The second-order valence-electron chi connectivity index (χ2n) is 6.68. The Balaban J connectivity index is 1.80. The van der Waals surface area contributed by atoms with Crippen LogP contribution in [0.4, 0.5) is 10.8 Å². The standard InChI is InChI=1S/C18H22N2O2S/c1-11(2)13-9-18(4,22-16(13)21)15-10-23-17(20-15)19-14-8-6-5-7-12(14)3/h5-8,10-11,13H,9H2,1-4H3,(H,19,20)/t13-,18-/m0/s1. The topological polar surface area (TPSA) is 51.2 Å². The molecule has 1 aliphatic heterocycles. The third-order valence-corrected chi connectivity index (χ3v) is 5.23. The summed E-state index contributed by atoms with van der Waals surface area (Å²) in [6.07, 6.45) is 0.692. The number of esters is 1. The molecule has 2 atom stereocenters. The monoisotopic (exact) mass is 330 g/mol. The van der Waals surface area contributed by atoms with Gasteiger partial charge in [-0.15, -0.1) is 11.3 Å². The summed E-state index contributed by atoms with van der Waals surface area (Å²) in [6.45, 7) is 8.14. The number of cyclic esters (lactones) is 1. The average Bonchev–Trinajstić information content (AvgIpc) is 3.07. The van der Waals surface area contributed by atoms with E-state index < -0.39 is 5.60 Å². The molecule has 0 bridgehead atoms. The molecule has 1 saturated heterocycles. The number of thiazole rings is 1. The van der Waals surface area contributed by atoms with Crippen LogP contribution in [0.2, 0.25) is 0 Å². The van der Waals surface area contributed by atoms with Crippen molar-refractivity contribution >= 4 is 28.1 Å². The molecular weight excluding hydrogens is 308 g/mol. The summed E-state index contributed by atoms with van der Waals surface area (Å²) in [6, 6.07) is 8.10. The van der Waals surface area contributed by atoms with Crippen molar-refractivity contribution < 1.29 is 9.53 Å². The quantitative estimate of drug-likeness (QED) is 0.831. The van der Waals surface area contributed by atoms with E-state index in [9.17, 15) is 4.79 Å². The second kappa shape index (κ2) is 5.96. The van der Waals surface area contributed by atoms with Gasteiger partial charge >= 0.3 is 5.97 Å². The molecular formula is C18H22N2O2S. The molecule has 2 heterocycles. The van der Waals surface area contributed by atoms with Gasteiger partial charge < -0.3 is 10.1 Å². The second-order valence-corrected chi connectivity index (χ2v) is 7.54. The molecule has 0 spiro atoms. The molecule has 0 unspecified atom stereocenters. The van der Waals surface area contributed by atoms with Crippen LogP contribution in [0.1, 0.15) is 38.4 Å². The van der Waals surface area contributed by atoms with E-state index in [0.717, 1.165) is 16.5 Å². The van der Waals surface area contributed by atoms with E-state index in [1.165, 1.54) is 16.9 Å². The molecule has 0 amide bonds. The number of para-hydroxylation sites is 1. The van der Waals surface area contributed by atoms with Crippen LogP contribution < -0.4 is 5.32 Å².